The van der Waals surface area contributed by atoms with Gasteiger partial charge in [0.15, 0.2) is 5.70 Å². The largest absolute Gasteiger partial charge is 0.459 e. The standard InChI is InChI=1S/C20H17NO4/c1-13(2)24-19(22)16-11-7-6-10-15(16)12-17-20(23)25-18(21-17)14-8-4-3-5-9-14/h3-13H,1-2H3/b17-12-. The molecule has 0 bridgehead atoms. The molecule has 0 unspecified atom stereocenters. The topological polar surface area (TPSA) is 65.0 Å². The van der Waals surface area contributed by atoms with Crippen molar-refractivity contribution in [2.24, 2.45) is 4.99 Å². The molecule has 5 nitrogen and oxygen atoms in total. The summed E-state index contributed by atoms with van der Waals surface area (Å²) in [7, 11) is 0. The highest BCUT2D eigenvalue weighted by atomic mass is 16.6. The smallest absolute Gasteiger partial charge is 0.363 e. The predicted octanol–water partition coefficient (Wildman–Crippen LogP) is 3.60. The van der Waals surface area contributed by atoms with Crippen LogP contribution < -0.4 is 0 Å². The summed E-state index contributed by atoms with van der Waals surface area (Å²) >= 11 is 0. The zero-order valence-corrected chi connectivity index (χ0v) is 13.9. The molecule has 0 radical (unpaired) electrons. The van der Waals surface area contributed by atoms with Gasteiger partial charge >= 0.3 is 11.9 Å². The van der Waals surface area contributed by atoms with E-state index in [1.807, 2.05) is 30.3 Å². The number of hydrogen-bond acceptors (Lipinski definition) is 5. The van der Waals surface area contributed by atoms with Crippen molar-refractivity contribution < 1.29 is 19.1 Å². The van der Waals surface area contributed by atoms with Crippen LogP contribution in [0.5, 0.6) is 0 Å². The van der Waals surface area contributed by atoms with Crippen molar-refractivity contribution in [3.8, 4) is 0 Å². The second-order valence-electron chi connectivity index (χ2n) is 5.74. The molecule has 3 rings (SSSR count). The number of rotatable bonds is 4. The van der Waals surface area contributed by atoms with Gasteiger partial charge in [-0.2, -0.15) is 0 Å². The van der Waals surface area contributed by atoms with Crippen LogP contribution in [0.1, 0.15) is 35.3 Å². The highest BCUT2D eigenvalue weighted by Gasteiger charge is 2.24. The Kier molecular flexibility index (Phi) is 4.75. The summed E-state index contributed by atoms with van der Waals surface area (Å²) in [5.74, 6) is -0.744. The number of aliphatic imine (C=N–C) groups is 1. The summed E-state index contributed by atoms with van der Waals surface area (Å²) < 4.78 is 10.5. The molecule has 0 saturated carbocycles. The lowest BCUT2D eigenvalue weighted by atomic mass is 10.1. The quantitative estimate of drug-likeness (QED) is 0.632. The Morgan fingerprint density at radius 2 is 1.76 bits per heavy atom. The van der Waals surface area contributed by atoms with Crippen LogP contribution in [0.15, 0.2) is 65.3 Å². The molecule has 0 N–H and O–H groups in total. The Labute approximate surface area is 145 Å². The number of esters is 2. The molecule has 0 aliphatic carbocycles. The maximum atomic E-state index is 12.2. The lowest BCUT2D eigenvalue weighted by Crippen LogP contribution is -2.12. The van der Waals surface area contributed by atoms with Gasteiger partial charge in [0.2, 0.25) is 5.90 Å². The molecular weight excluding hydrogens is 318 g/mol. The van der Waals surface area contributed by atoms with E-state index in [0.717, 1.165) is 0 Å². The van der Waals surface area contributed by atoms with Gasteiger partial charge in [0, 0.05) is 5.56 Å². The Bertz CT molecular complexity index is 866. The Morgan fingerprint density at radius 1 is 1.08 bits per heavy atom. The second-order valence-corrected chi connectivity index (χ2v) is 5.74. The number of benzene rings is 2. The Morgan fingerprint density at radius 3 is 2.48 bits per heavy atom. The number of ether oxygens (including phenoxy) is 2. The normalized spacial score (nSPS) is 15.2. The van der Waals surface area contributed by atoms with Gasteiger partial charge in [-0.05, 0) is 43.7 Å². The van der Waals surface area contributed by atoms with Crippen LogP contribution in [0.25, 0.3) is 6.08 Å². The lowest BCUT2D eigenvalue weighted by molar-refractivity contribution is -0.129. The van der Waals surface area contributed by atoms with Crippen LogP contribution in [0.4, 0.5) is 0 Å². The number of hydrogen-bond donors (Lipinski definition) is 0. The molecular formula is C20H17NO4. The minimum Gasteiger partial charge on any atom is -0.459 e. The zero-order valence-electron chi connectivity index (χ0n) is 13.9. The summed E-state index contributed by atoms with van der Waals surface area (Å²) in [5.41, 5.74) is 1.79. The summed E-state index contributed by atoms with van der Waals surface area (Å²) in [5, 5.41) is 0. The minimum absolute atomic E-state index is 0.142. The van der Waals surface area contributed by atoms with Crippen molar-refractivity contribution in [2.75, 3.05) is 0 Å². The van der Waals surface area contributed by atoms with E-state index in [4.69, 9.17) is 9.47 Å². The first-order chi connectivity index (χ1) is 12.0. The van der Waals surface area contributed by atoms with Crippen molar-refractivity contribution in [3.63, 3.8) is 0 Å². The average Bonchev–Trinajstić information content (AvgIpc) is 2.96. The van der Waals surface area contributed by atoms with E-state index < -0.39 is 11.9 Å². The van der Waals surface area contributed by atoms with Crippen LogP contribution in [-0.2, 0) is 14.3 Å². The monoisotopic (exact) mass is 335 g/mol. The second kappa shape index (κ2) is 7.13. The summed E-state index contributed by atoms with van der Waals surface area (Å²) in [6, 6.07) is 16.1. The van der Waals surface area contributed by atoms with Gasteiger partial charge in [0.1, 0.15) is 0 Å². The van der Waals surface area contributed by atoms with E-state index in [1.54, 1.807) is 38.1 Å². The third-order valence-electron chi connectivity index (χ3n) is 3.46. The fourth-order valence-corrected chi connectivity index (χ4v) is 2.35. The van der Waals surface area contributed by atoms with Crippen molar-refractivity contribution >= 4 is 23.9 Å². The van der Waals surface area contributed by atoms with Gasteiger partial charge in [-0.25, -0.2) is 14.6 Å². The lowest BCUT2D eigenvalue weighted by Gasteiger charge is -2.09. The third-order valence-corrected chi connectivity index (χ3v) is 3.46. The first-order valence-corrected chi connectivity index (χ1v) is 7.92. The van der Waals surface area contributed by atoms with Crippen LogP contribution in [-0.4, -0.2) is 23.9 Å². The maximum Gasteiger partial charge on any atom is 0.363 e. The van der Waals surface area contributed by atoms with Gasteiger partial charge in [-0.1, -0.05) is 36.4 Å². The van der Waals surface area contributed by atoms with Crippen LogP contribution in [0, 0.1) is 0 Å². The van der Waals surface area contributed by atoms with E-state index in [9.17, 15) is 9.59 Å². The van der Waals surface area contributed by atoms with E-state index in [2.05, 4.69) is 4.99 Å². The van der Waals surface area contributed by atoms with Crippen LogP contribution >= 0.6 is 0 Å². The number of carbonyl (C=O) groups excluding carboxylic acids is 2. The molecule has 126 valence electrons. The molecule has 1 aliphatic heterocycles. The van der Waals surface area contributed by atoms with Crippen molar-refractivity contribution in [1.29, 1.82) is 0 Å². The summed E-state index contributed by atoms with van der Waals surface area (Å²) in [6.07, 6.45) is 1.31. The van der Waals surface area contributed by atoms with E-state index in [0.29, 0.717) is 16.7 Å². The van der Waals surface area contributed by atoms with Gasteiger partial charge in [-0.15, -0.1) is 0 Å². The van der Waals surface area contributed by atoms with Crippen LogP contribution in [0.2, 0.25) is 0 Å². The maximum absolute atomic E-state index is 12.2. The summed E-state index contributed by atoms with van der Waals surface area (Å²) in [6.45, 7) is 3.56. The molecule has 2 aromatic carbocycles. The zero-order chi connectivity index (χ0) is 17.8. The SMILES string of the molecule is CC(C)OC(=O)c1ccccc1/C=C1\N=C(c2ccccc2)OC1=O. The third kappa shape index (κ3) is 3.83. The van der Waals surface area contributed by atoms with E-state index in [-0.39, 0.29) is 17.7 Å². The van der Waals surface area contributed by atoms with Gasteiger partial charge in [-0.3, -0.25) is 0 Å². The summed E-state index contributed by atoms with van der Waals surface area (Å²) in [4.78, 5) is 28.6. The number of nitrogens with zero attached hydrogens (tertiary/aromatic N) is 1. The first-order valence-electron chi connectivity index (χ1n) is 7.92. The Hall–Kier alpha value is -3.21. The van der Waals surface area contributed by atoms with Gasteiger partial charge < -0.3 is 9.47 Å². The molecule has 0 saturated heterocycles. The molecule has 0 atom stereocenters. The fraction of sp³-hybridized carbons (Fsp3) is 0.150. The van der Waals surface area contributed by atoms with Crippen molar-refractivity contribution in [3.05, 3.63) is 77.0 Å². The molecule has 2 aromatic rings. The molecule has 0 amide bonds. The van der Waals surface area contributed by atoms with Crippen molar-refractivity contribution in [2.45, 2.75) is 20.0 Å². The fourth-order valence-electron chi connectivity index (χ4n) is 2.35. The van der Waals surface area contributed by atoms with E-state index >= 15 is 0 Å². The predicted molar refractivity (Wildman–Crippen MR) is 94.0 cm³/mol. The van der Waals surface area contributed by atoms with Gasteiger partial charge in [0.05, 0.1) is 11.7 Å². The number of carbonyl (C=O) groups is 2. The van der Waals surface area contributed by atoms with Gasteiger partial charge in [0.25, 0.3) is 0 Å². The molecule has 25 heavy (non-hydrogen) atoms. The molecule has 0 spiro atoms. The molecule has 5 heteroatoms. The Balaban J connectivity index is 1.94. The average molecular weight is 335 g/mol. The molecule has 0 aromatic heterocycles. The first kappa shape index (κ1) is 16.6. The number of cyclic esters (lactones) is 1. The molecule has 1 aliphatic rings. The van der Waals surface area contributed by atoms with E-state index in [1.165, 1.54) is 6.08 Å². The minimum atomic E-state index is -0.550. The molecule has 1 heterocycles. The highest BCUT2D eigenvalue weighted by molar-refractivity contribution is 6.13. The highest BCUT2D eigenvalue weighted by Crippen LogP contribution is 2.21. The van der Waals surface area contributed by atoms with Crippen molar-refractivity contribution in [1.82, 2.24) is 0 Å². The van der Waals surface area contributed by atoms with Crippen LogP contribution in [0.3, 0.4) is 0 Å². The molecule has 0 fully saturated rings.